The predicted molar refractivity (Wildman–Crippen MR) is 77.8 cm³/mol. The van der Waals surface area contributed by atoms with E-state index < -0.39 is 0 Å². The first-order valence-corrected chi connectivity index (χ1v) is 6.49. The highest BCUT2D eigenvalue weighted by molar-refractivity contribution is 6.36. The number of halogens is 1. The van der Waals surface area contributed by atoms with Crippen molar-refractivity contribution in [1.82, 2.24) is 0 Å². The molecule has 2 aromatic rings. The van der Waals surface area contributed by atoms with Crippen molar-refractivity contribution in [3.05, 3.63) is 64.2 Å². The molecular weight excluding hydrogens is 258 g/mol. The molecular formula is C16H12ClNO. The summed E-state index contributed by atoms with van der Waals surface area (Å²) in [6, 6.07) is 13.4. The van der Waals surface area contributed by atoms with Crippen LogP contribution in [0.2, 0.25) is 5.02 Å². The van der Waals surface area contributed by atoms with E-state index in [0.717, 1.165) is 11.3 Å². The Morgan fingerprint density at radius 2 is 1.84 bits per heavy atom. The number of benzene rings is 2. The van der Waals surface area contributed by atoms with Crippen molar-refractivity contribution < 1.29 is 4.79 Å². The lowest BCUT2D eigenvalue weighted by Gasteiger charge is -2.15. The molecule has 2 nitrogen and oxygen atoms in total. The van der Waals surface area contributed by atoms with Crippen molar-refractivity contribution in [2.24, 2.45) is 4.99 Å². The molecule has 94 valence electrons. The third-order valence-corrected chi connectivity index (χ3v) is 3.55. The van der Waals surface area contributed by atoms with Gasteiger partial charge in [0.15, 0.2) is 5.78 Å². The Bertz CT molecular complexity index is 686. The van der Waals surface area contributed by atoms with E-state index in [1.165, 1.54) is 5.56 Å². The van der Waals surface area contributed by atoms with Crippen molar-refractivity contribution in [3.63, 3.8) is 0 Å². The molecule has 0 fully saturated rings. The molecule has 0 atom stereocenters. The van der Waals surface area contributed by atoms with E-state index in [-0.39, 0.29) is 5.78 Å². The summed E-state index contributed by atoms with van der Waals surface area (Å²) in [5.41, 5.74) is 4.19. The van der Waals surface area contributed by atoms with Crippen LogP contribution < -0.4 is 0 Å². The zero-order valence-electron chi connectivity index (χ0n) is 10.5. The molecule has 3 rings (SSSR count). The standard InChI is InChI=1S/C16H12ClNO/c1-10-5-7-11(8-6-10)14-9-15(19)16-12(17)3-2-4-13(16)18-14/h2-8H,9H2,1H3. The molecule has 0 unspecified atom stereocenters. The number of hydrogen-bond donors (Lipinski definition) is 0. The Balaban J connectivity index is 2.11. The Labute approximate surface area is 116 Å². The Hall–Kier alpha value is -1.93. The second kappa shape index (κ2) is 4.63. The second-order valence-corrected chi connectivity index (χ2v) is 5.07. The molecule has 0 saturated heterocycles. The maximum absolute atomic E-state index is 12.2. The minimum Gasteiger partial charge on any atom is -0.294 e. The summed E-state index contributed by atoms with van der Waals surface area (Å²) in [6.07, 6.45) is 0.305. The average Bonchev–Trinajstić information content (AvgIpc) is 2.39. The molecule has 0 bridgehead atoms. The molecule has 0 amide bonds. The summed E-state index contributed by atoms with van der Waals surface area (Å²) in [5.74, 6) is 0.0335. The van der Waals surface area contributed by atoms with Crippen molar-refractivity contribution >= 4 is 28.8 Å². The summed E-state index contributed by atoms with van der Waals surface area (Å²) in [4.78, 5) is 16.8. The van der Waals surface area contributed by atoms with Gasteiger partial charge in [0.1, 0.15) is 0 Å². The summed E-state index contributed by atoms with van der Waals surface area (Å²) in [7, 11) is 0. The number of hydrogen-bond acceptors (Lipinski definition) is 2. The first-order valence-electron chi connectivity index (χ1n) is 6.11. The lowest BCUT2D eigenvalue weighted by atomic mass is 9.96. The number of nitrogens with zero attached hydrogens (tertiary/aromatic N) is 1. The van der Waals surface area contributed by atoms with Crippen molar-refractivity contribution in [3.8, 4) is 0 Å². The highest BCUT2D eigenvalue weighted by Gasteiger charge is 2.23. The van der Waals surface area contributed by atoms with Crippen LogP contribution in [0.5, 0.6) is 0 Å². The van der Waals surface area contributed by atoms with Crippen LogP contribution in [0.15, 0.2) is 47.5 Å². The van der Waals surface area contributed by atoms with Crippen LogP contribution in [0.1, 0.15) is 27.9 Å². The minimum atomic E-state index is 0.0335. The number of Topliss-reactive ketones (excluding diaryl/α,β-unsaturated/α-hetero) is 1. The number of fused-ring (bicyclic) bond motifs is 1. The molecule has 3 heteroatoms. The summed E-state index contributed by atoms with van der Waals surface area (Å²) < 4.78 is 0. The molecule has 1 heterocycles. The van der Waals surface area contributed by atoms with Crippen LogP contribution >= 0.6 is 11.6 Å². The van der Waals surface area contributed by atoms with Gasteiger partial charge in [-0.1, -0.05) is 47.5 Å². The lowest BCUT2D eigenvalue weighted by molar-refractivity contribution is 0.1000. The van der Waals surface area contributed by atoms with E-state index in [2.05, 4.69) is 4.99 Å². The minimum absolute atomic E-state index is 0.0335. The van der Waals surface area contributed by atoms with E-state index in [1.54, 1.807) is 6.07 Å². The number of aryl methyl sites for hydroxylation is 1. The van der Waals surface area contributed by atoms with Gasteiger partial charge in [0.2, 0.25) is 0 Å². The fraction of sp³-hybridized carbons (Fsp3) is 0.125. The van der Waals surface area contributed by atoms with Gasteiger partial charge in [-0.15, -0.1) is 0 Å². The lowest BCUT2D eigenvalue weighted by Crippen LogP contribution is -2.14. The van der Waals surface area contributed by atoms with Gasteiger partial charge in [0.25, 0.3) is 0 Å². The van der Waals surface area contributed by atoms with E-state index in [4.69, 9.17) is 11.6 Å². The van der Waals surface area contributed by atoms with Crippen molar-refractivity contribution in [2.45, 2.75) is 13.3 Å². The van der Waals surface area contributed by atoms with Crippen LogP contribution in [0, 0.1) is 6.92 Å². The van der Waals surface area contributed by atoms with Gasteiger partial charge in [-0.25, -0.2) is 0 Å². The summed E-state index contributed by atoms with van der Waals surface area (Å²) in [5, 5.41) is 0.481. The number of rotatable bonds is 1. The number of carbonyl (C=O) groups excluding carboxylic acids is 1. The highest BCUT2D eigenvalue weighted by Crippen LogP contribution is 2.32. The van der Waals surface area contributed by atoms with Gasteiger partial charge >= 0.3 is 0 Å². The van der Waals surface area contributed by atoms with E-state index in [9.17, 15) is 4.79 Å². The van der Waals surface area contributed by atoms with Gasteiger partial charge in [0, 0.05) is 0 Å². The van der Waals surface area contributed by atoms with E-state index >= 15 is 0 Å². The van der Waals surface area contributed by atoms with Crippen LogP contribution in [-0.4, -0.2) is 11.5 Å². The molecule has 0 aliphatic carbocycles. The molecule has 0 radical (unpaired) electrons. The smallest absolute Gasteiger partial charge is 0.172 e. The summed E-state index contributed by atoms with van der Waals surface area (Å²) >= 11 is 6.06. The van der Waals surface area contributed by atoms with Crippen molar-refractivity contribution in [1.29, 1.82) is 0 Å². The molecule has 0 N–H and O–H groups in total. The third-order valence-electron chi connectivity index (χ3n) is 3.24. The first-order chi connectivity index (χ1) is 9.15. The summed E-state index contributed by atoms with van der Waals surface area (Å²) in [6.45, 7) is 2.03. The van der Waals surface area contributed by atoms with Crippen LogP contribution in [0.25, 0.3) is 0 Å². The zero-order valence-corrected chi connectivity index (χ0v) is 11.2. The molecule has 0 aromatic heterocycles. The fourth-order valence-electron chi connectivity index (χ4n) is 2.22. The topological polar surface area (TPSA) is 29.4 Å². The van der Waals surface area contributed by atoms with Crippen LogP contribution in [-0.2, 0) is 0 Å². The third kappa shape index (κ3) is 2.20. The van der Waals surface area contributed by atoms with Gasteiger partial charge < -0.3 is 0 Å². The SMILES string of the molecule is Cc1ccc(C2=Nc3cccc(Cl)c3C(=O)C2)cc1. The van der Waals surface area contributed by atoms with Gasteiger partial charge in [-0.05, 0) is 24.6 Å². The number of aliphatic imine (C=N–C) groups is 1. The maximum Gasteiger partial charge on any atom is 0.172 e. The Morgan fingerprint density at radius 3 is 2.58 bits per heavy atom. The van der Waals surface area contributed by atoms with Gasteiger partial charge in [-0.2, -0.15) is 0 Å². The Kier molecular flexibility index (Phi) is 2.96. The molecule has 1 aliphatic rings. The van der Waals surface area contributed by atoms with E-state index in [1.807, 2.05) is 43.3 Å². The first kappa shape index (κ1) is 12.1. The van der Waals surface area contributed by atoms with Crippen molar-refractivity contribution in [2.75, 3.05) is 0 Å². The molecule has 1 aliphatic heterocycles. The largest absolute Gasteiger partial charge is 0.294 e. The molecule has 2 aromatic carbocycles. The zero-order chi connectivity index (χ0) is 13.4. The predicted octanol–water partition coefficient (Wildman–Crippen LogP) is 4.36. The fourth-order valence-corrected chi connectivity index (χ4v) is 2.49. The number of carbonyl (C=O) groups is 1. The quantitative estimate of drug-likeness (QED) is 0.756. The molecule has 0 saturated carbocycles. The monoisotopic (exact) mass is 269 g/mol. The van der Waals surface area contributed by atoms with Gasteiger partial charge in [-0.3, -0.25) is 9.79 Å². The van der Waals surface area contributed by atoms with Gasteiger partial charge in [0.05, 0.1) is 28.4 Å². The van der Waals surface area contributed by atoms with Crippen LogP contribution in [0.4, 0.5) is 5.69 Å². The average molecular weight is 270 g/mol. The van der Waals surface area contributed by atoms with E-state index in [0.29, 0.717) is 22.7 Å². The highest BCUT2D eigenvalue weighted by atomic mass is 35.5. The normalized spacial score (nSPS) is 14.0. The second-order valence-electron chi connectivity index (χ2n) is 4.66. The molecule has 19 heavy (non-hydrogen) atoms. The number of ketones is 1. The maximum atomic E-state index is 12.2. The molecule has 0 spiro atoms. The Morgan fingerprint density at radius 1 is 1.11 bits per heavy atom. The van der Waals surface area contributed by atoms with Crippen LogP contribution in [0.3, 0.4) is 0 Å².